The second kappa shape index (κ2) is 10.8. The van der Waals surface area contributed by atoms with E-state index < -0.39 is 52.8 Å². The summed E-state index contributed by atoms with van der Waals surface area (Å²) in [7, 11) is 0. The number of anilines is 2. The van der Waals surface area contributed by atoms with Crippen molar-refractivity contribution in [3.63, 3.8) is 0 Å². The number of nitrogens with one attached hydrogen (secondary N) is 4. The lowest BCUT2D eigenvalue weighted by molar-refractivity contribution is -0.137. The SMILES string of the molecule is N=C(OC(N)=N[C@H]1N=C(c2ccccc2)c2ccccc2NC1=O)c1nc(C(F)(F)F)sc1N[C@@H]1CCNC1=O. The number of thiazole rings is 1. The van der Waals surface area contributed by atoms with Crippen LogP contribution in [0.1, 0.15) is 28.2 Å². The third-order valence-electron chi connectivity index (χ3n) is 5.87. The van der Waals surface area contributed by atoms with Gasteiger partial charge in [0.15, 0.2) is 5.69 Å². The van der Waals surface area contributed by atoms with E-state index in [1.807, 2.05) is 18.2 Å². The summed E-state index contributed by atoms with van der Waals surface area (Å²) >= 11 is 0.226. The van der Waals surface area contributed by atoms with Gasteiger partial charge in [-0.15, -0.1) is 0 Å². The summed E-state index contributed by atoms with van der Waals surface area (Å²) in [5, 5.41) is 14.8. The van der Waals surface area contributed by atoms with E-state index in [0.717, 1.165) is 0 Å². The zero-order chi connectivity index (χ0) is 28.4. The van der Waals surface area contributed by atoms with Crippen LogP contribution in [0.3, 0.4) is 0 Å². The highest BCUT2D eigenvalue weighted by atomic mass is 32.1. The van der Waals surface area contributed by atoms with E-state index in [9.17, 15) is 22.8 Å². The number of aromatic nitrogens is 1. The van der Waals surface area contributed by atoms with E-state index in [0.29, 0.717) is 35.5 Å². The van der Waals surface area contributed by atoms with Gasteiger partial charge in [-0.3, -0.25) is 15.0 Å². The Morgan fingerprint density at radius 3 is 2.55 bits per heavy atom. The highest BCUT2D eigenvalue weighted by Gasteiger charge is 2.38. The van der Waals surface area contributed by atoms with Gasteiger partial charge in [-0.2, -0.15) is 18.2 Å². The number of hydrogen-bond acceptors (Lipinski definition) is 9. The summed E-state index contributed by atoms with van der Waals surface area (Å²) in [6.45, 7) is 0.350. The number of amidine groups is 1. The maximum absolute atomic E-state index is 13.4. The Bertz CT molecular complexity index is 1540. The van der Waals surface area contributed by atoms with E-state index in [2.05, 4.69) is 30.9 Å². The monoisotopic (exact) mass is 570 g/mol. The molecule has 15 heteroatoms. The normalized spacial score (nSPS) is 19.2. The summed E-state index contributed by atoms with van der Waals surface area (Å²) in [5.74, 6) is -1.90. The number of carbonyl (C=O) groups excluding carboxylic acids is 2. The van der Waals surface area contributed by atoms with Crippen LogP contribution >= 0.6 is 11.3 Å². The molecule has 0 bridgehead atoms. The first kappa shape index (κ1) is 26.8. The molecule has 11 nitrogen and oxygen atoms in total. The molecule has 2 aromatic carbocycles. The van der Waals surface area contributed by atoms with E-state index in [1.165, 1.54) is 0 Å². The Morgan fingerprint density at radius 2 is 1.85 bits per heavy atom. The van der Waals surface area contributed by atoms with Crippen LogP contribution in [0, 0.1) is 5.41 Å². The van der Waals surface area contributed by atoms with Crippen molar-refractivity contribution in [3.05, 3.63) is 76.4 Å². The molecule has 40 heavy (non-hydrogen) atoms. The fourth-order valence-electron chi connectivity index (χ4n) is 4.04. The Hall–Kier alpha value is -4.79. The number of alkyl halides is 3. The molecule has 3 heterocycles. The molecule has 2 amide bonds. The number of benzodiazepines with no additional fused rings is 1. The molecular formula is C25H21F3N8O3S. The number of hydrogen-bond donors (Lipinski definition) is 5. The smallest absolute Gasteiger partial charge is 0.405 e. The van der Waals surface area contributed by atoms with Crippen LogP contribution in [-0.4, -0.2) is 53.2 Å². The van der Waals surface area contributed by atoms with Gasteiger partial charge in [0.05, 0.1) is 11.4 Å². The highest BCUT2D eigenvalue weighted by Crippen LogP contribution is 2.37. The molecule has 5 rings (SSSR count). The first-order valence-corrected chi connectivity index (χ1v) is 12.7. The van der Waals surface area contributed by atoms with Gasteiger partial charge < -0.3 is 26.4 Å². The Kier molecular flexibility index (Phi) is 7.21. The number of aliphatic imine (C=N–C) groups is 2. The number of benzene rings is 2. The molecule has 3 aromatic rings. The topological polar surface area (TPSA) is 167 Å². The number of para-hydroxylation sites is 1. The van der Waals surface area contributed by atoms with Crippen LogP contribution in [0.25, 0.3) is 0 Å². The molecule has 0 aliphatic carbocycles. The second-order valence-electron chi connectivity index (χ2n) is 8.62. The lowest BCUT2D eigenvalue weighted by atomic mass is 10.0. The van der Waals surface area contributed by atoms with Crippen molar-refractivity contribution in [1.29, 1.82) is 5.41 Å². The Morgan fingerprint density at radius 1 is 1.12 bits per heavy atom. The van der Waals surface area contributed by atoms with E-state index in [4.69, 9.17) is 15.9 Å². The molecule has 6 N–H and O–H groups in total. The van der Waals surface area contributed by atoms with Crippen LogP contribution in [0.2, 0.25) is 0 Å². The molecule has 0 radical (unpaired) electrons. The van der Waals surface area contributed by atoms with Gasteiger partial charge in [0.1, 0.15) is 11.0 Å². The highest BCUT2D eigenvalue weighted by molar-refractivity contribution is 7.16. The molecule has 0 spiro atoms. The van der Waals surface area contributed by atoms with Gasteiger partial charge in [0.2, 0.25) is 23.0 Å². The van der Waals surface area contributed by atoms with Crippen molar-refractivity contribution in [2.75, 3.05) is 17.2 Å². The summed E-state index contributed by atoms with van der Waals surface area (Å²) in [6, 6.07) is 14.6. The summed E-state index contributed by atoms with van der Waals surface area (Å²) in [5.41, 5.74) is 7.65. The second-order valence-corrected chi connectivity index (χ2v) is 9.62. The molecule has 206 valence electrons. The maximum atomic E-state index is 13.4. The molecule has 1 aromatic heterocycles. The molecule has 0 unspecified atom stereocenters. The lowest BCUT2D eigenvalue weighted by Crippen LogP contribution is -2.31. The number of fused-ring (bicyclic) bond motifs is 1. The zero-order valence-electron chi connectivity index (χ0n) is 20.5. The molecule has 0 saturated carbocycles. The molecule has 2 atom stereocenters. The molecule has 2 aliphatic heterocycles. The van der Waals surface area contributed by atoms with Crippen molar-refractivity contribution in [1.82, 2.24) is 10.3 Å². The average Bonchev–Trinajstić information content (AvgIpc) is 3.50. The number of nitrogens with zero attached hydrogens (tertiary/aromatic N) is 3. The van der Waals surface area contributed by atoms with Crippen molar-refractivity contribution in [3.8, 4) is 0 Å². The quantitative estimate of drug-likeness (QED) is 0.234. The predicted octanol–water partition coefficient (Wildman–Crippen LogP) is 2.93. The number of halogens is 3. The van der Waals surface area contributed by atoms with Crippen molar-refractivity contribution >= 4 is 51.5 Å². The van der Waals surface area contributed by atoms with Gasteiger partial charge in [-0.1, -0.05) is 59.9 Å². The first-order chi connectivity index (χ1) is 19.1. The maximum Gasteiger partial charge on any atom is 0.443 e. The van der Waals surface area contributed by atoms with Crippen LogP contribution in [-0.2, 0) is 20.5 Å². The van der Waals surface area contributed by atoms with Gasteiger partial charge in [0, 0.05) is 17.7 Å². The summed E-state index contributed by atoms with van der Waals surface area (Å²) < 4.78 is 45.4. The Balaban J connectivity index is 1.43. The van der Waals surface area contributed by atoms with Gasteiger partial charge >= 0.3 is 6.18 Å². The number of amides is 2. The predicted molar refractivity (Wildman–Crippen MR) is 143 cm³/mol. The van der Waals surface area contributed by atoms with Crippen LogP contribution in [0.5, 0.6) is 0 Å². The van der Waals surface area contributed by atoms with Crippen molar-refractivity contribution in [2.45, 2.75) is 24.8 Å². The fraction of sp³-hybridized carbons (Fsp3) is 0.200. The zero-order valence-corrected chi connectivity index (χ0v) is 21.3. The number of nitrogens with two attached hydrogens (primary N) is 1. The minimum absolute atomic E-state index is 0.195. The largest absolute Gasteiger partial charge is 0.443 e. The third-order valence-corrected chi connectivity index (χ3v) is 6.90. The average molecular weight is 571 g/mol. The van der Waals surface area contributed by atoms with Crippen molar-refractivity contribution in [2.24, 2.45) is 15.7 Å². The lowest BCUT2D eigenvalue weighted by Gasteiger charge is -2.12. The third kappa shape index (κ3) is 5.63. The van der Waals surface area contributed by atoms with Gasteiger partial charge in [-0.25, -0.2) is 9.98 Å². The molecule has 2 aliphatic rings. The summed E-state index contributed by atoms with van der Waals surface area (Å²) in [6.07, 6.45) is -5.90. The van der Waals surface area contributed by atoms with E-state index in [1.54, 1.807) is 36.4 Å². The number of carbonyl (C=O) groups is 2. The molecular weight excluding hydrogens is 549 g/mol. The Labute approximate surface area is 228 Å². The standard InChI is InChI=1S/C25H21F3N8O3S/c26-25(27,28)23-35-17(22(40-23)33-15-10-11-31-20(15)37)18(29)39-24(30)36-19-21(38)32-14-9-5-4-8-13(14)16(34-19)12-6-2-1-3-7-12/h1-9,15,19,29,33H,10-11H2,(H2,30,36)(H,31,37)(H,32,38)/t15-,19-/m1/s1. The number of rotatable bonds is 5. The fourth-order valence-corrected chi connectivity index (χ4v) is 4.92. The van der Waals surface area contributed by atoms with Crippen LogP contribution in [0.15, 0.2) is 64.6 Å². The molecule has 1 fully saturated rings. The van der Waals surface area contributed by atoms with Crippen molar-refractivity contribution < 1.29 is 27.5 Å². The minimum atomic E-state index is -4.80. The minimum Gasteiger partial charge on any atom is -0.405 e. The van der Waals surface area contributed by atoms with E-state index >= 15 is 0 Å². The van der Waals surface area contributed by atoms with Gasteiger partial charge in [-0.05, 0) is 12.5 Å². The molecule has 1 saturated heterocycles. The first-order valence-electron chi connectivity index (χ1n) is 11.9. The summed E-state index contributed by atoms with van der Waals surface area (Å²) in [4.78, 5) is 36.9. The van der Waals surface area contributed by atoms with Gasteiger partial charge in [0.25, 0.3) is 11.9 Å². The van der Waals surface area contributed by atoms with E-state index in [-0.39, 0.29) is 16.3 Å². The number of ether oxygens (including phenoxy) is 1. The van der Waals surface area contributed by atoms with Crippen LogP contribution in [0.4, 0.5) is 23.9 Å². The van der Waals surface area contributed by atoms with Crippen LogP contribution < -0.4 is 21.7 Å².